The molecular weight excluding hydrogens is 527 g/mol. The van der Waals surface area contributed by atoms with Gasteiger partial charge in [-0.3, -0.25) is 14.6 Å². The summed E-state index contributed by atoms with van der Waals surface area (Å²) in [6.07, 6.45) is 1.51. The minimum atomic E-state index is -1.13. The van der Waals surface area contributed by atoms with Crippen LogP contribution in [0.15, 0.2) is 75.2 Å². The molecule has 0 fully saturated rings. The van der Waals surface area contributed by atoms with Crippen LogP contribution in [0.25, 0.3) is 5.69 Å². The lowest BCUT2D eigenvalue weighted by molar-refractivity contribution is 0.0422. The maximum absolute atomic E-state index is 12.4. The molecule has 0 atom stereocenters. The topological polar surface area (TPSA) is 146 Å². The molecule has 0 amide bonds. The summed E-state index contributed by atoms with van der Waals surface area (Å²) in [5.41, 5.74) is -2.03. The van der Waals surface area contributed by atoms with Gasteiger partial charge < -0.3 is 19.1 Å². The maximum atomic E-state index is 12.4. The standard InChI is InChI=1S/C24H18Cl2N4O7/c25-17-10-15(30-24(35)27-22(33)20(28-30)23(34)36-9-8-31)11-18(26)21(17)37-16-6-7-19(32)29(13-16)12-14-4-2-1-3-5-14/h1-7,10-11,13,31H,8-9,12H2,(H,27,33,35). The number of ether oxygens (including phenoxy) is 2. The third kappa shape index (κ3) is 5.97. The first kappa shape index (κ1) is 25.9. The van der Waals surface area contributed by atoms with E-state index in [1.54, 1.807) is 0 Å². The number of hydrogen-bond acceptors (Lipinski definition) is 8. The lowest BCUT2D eigenvalue weighted by atomic mass is 10.2. The molecule has 0 radical (unpaired) electrons. The molecule has 2 aromatic heterocycles. The van der Waals surface area contributed by atoms with E-state index >= 15 is 0 Å². The summed E-state index contributed by atoms with van der Waals surface area (Å²) in [6, 6.07) is 14.8. The quantitative estimate of drug-likeness (QED) is 0.321. The van der Waals surface area contributed by atoms with Crippen molar-refractivity contribution in [2.24, 2.45) is 0 Å². The van der Waals surface area contributed by atoms with Gasteiger partial charge in [-0.15, -0.1) is 0 Å². The molecule has 4 rings (SSSR count). The minimum absolute atomic E-state index is 0.0207. The Labute approximate surface area is 218 Å². The zero-order valence-electron chi connectivity index (χ0n) is 18.9. The zero-order chi connectivity index (χ0) is 26.5. The SMILES string of the molecule is O=C(OCCO)c1nn(-c2cc(Cl)c(Oc3ccc(=O)n(Cc4ccccc4)c3)c(Cl)c2)c(=O)[nH]c1=O. The van der Waals surface area contributed by atoms with Gasteiger partial charge in [-0.05, 0) is 23.8 Å². The minimum Gasteiger partial charge on any atom is -0.458 e. The van der Waals surface area contributed by atoms with Crippen molar-refractivity contribution < 1.29 is 19.4 Å². The molecule has 13 heteroatoms. The number of aliphatic hydroxyl groups excluding tert-OH is 1. The van der Waals surface area contributed by atoms with Crippen LogP contribution in [0.3, 0.4) is 0 Å². The molecule has 4 aromatic rings. The molecule has 0 aliphatic rings. The molecule has 2 heterocycles. The van der Waals surface area contributed by atoms with E-state index in [1.165, 1.54) is 35.0 Å². The summed E-state index contributed by atoms with van der Waals surface area (Å²) < 4.78 is 12.7. The number of esters is 1. The van der Waals surface area contributed by atoms with E-state index in [2.05, 4.69) is 5.10 Å². The Morgan fingerprint density at radius 3 is 2.41 bits per heavy atom. The van der Waals surface area contributed by atoms with E-state index < -0.39 is 29.5 Å². The fourth-order valence-electron chi connectivity index (χ4n) is 3.27. The number of hydrogen-bond donors (Lipinski definition) is 2. The maximum Gasteiger partial charge on any atom is 0.364 e. The third-order valence-corrected chi connectivity index (χ3v) is 5.51. The van der Waals surface area contributed by atoms with Crippen molar-refractivity contribution in [3.05, 3.63) is 113 Å². The van der Waals surface area contributed by atoms with Crippen molar-refractivity contribution in [1.29, 1.82) is 0 Å². The van der Waals surface area contributed by atoms with E-state index in [0.29, 0.717) is 11.2 Å². The second-order valence-electron chi connectivity index (χ2n) is 7.54. The molecule has 0 aliphatic heterocycles. The smallest absolute Gasteiger partial charge is 0.364 e. The molecule has 11 nitrogen and oxygen atoms in total. The number of benzene rings is 2. The number of aromatic nitrogens is 4. The molecule has 2 N–H and O–H groups in total. The number of nitrogens with one attached hydrogen (secondary N) is 1. The second kappa shape index (κ2) is 11.2. The molecule has 0 saturated carbocycles. The number of pyridine rings is 1. The Hall–Kier alpha value is -4.19. The van der Waals surface area contributed by atoms with Gasteiger partial charge in [0.2, 0.25) is 5.69 Å². The largest absolute Gasteiger partial charge is 0.458 e. The van der Waals surface area contributed by atoms with Crippen LogP contribution in [0.1, 0.15) is 16.1 Å². The van der Waals surface area contributed by atoms with Crippen molar-refractivity contribution in [1.82, 2.24) is 19.3 Å². The third-order valence-electron chi connectivity index (χ3n) is 4.95. The van der Waals surface area contributed by atoms with Gasteiger partial charge in [0.15, 0.2) is 5.75 Å². The van der Waals surface area contributed by atoms with Crippen molar-refractivity contribution in [3.63, 3.8) is 0 Å². The van der Waals surface area contributed by atoms with Gasteiger partial charge in [0.1, 0.15) is 12.4 Å². The summed E-state index contributed by atoms with van der Waals surface area (Å²) in [7, 11) is 0. The molecular formula is C24H18Cl2N4O7. The highest BCUT2D eigenvalue weighted by Crippen LogP contribution is 2.37. The fourth-order valence-corrected chi connectivity index (χ4v) is 3.83. The summed E-state index contributed by atoms with van der Waals surface area (Å²) in [4.78, 5) is 50.7. The highest BCUT2D eigenvalue weighted by atomic mass is 35.5. The van der Waals surface area contributed by atoms with E-state index in [1.807, 2.05) is 35.3 Å². The van der Waals surface area contributed by atoms with Crippen LogP contribution < -0.4 is 21.5 Å². The molecule has 0 bridgehead atoms. The predicted octanol–water partition coefficient (Wildman–Crippen LogP) is 2.38. The number of carbonyl (C=O) groups excluding carboxylic acids is 1. The average molecular weight is 545 g/mol. The highest BCUT2D eigenvalue weighted by Gasteiger charge is 2.19. The van der Waals surface area contributed by atoms with E-state index in [4.69, 9.17) is 37.8 Å². The van der Waals surface area contributed by atoms with Crippen molar-refractivity contribution in [2.45, 2.75) is 6.54 Å². The number of H-pyrrole nitrogens is 1. The Kier molecular flexibility index (Phi) is 7.87. The molecule has 2 aromatic carbocycles. The first-order valence-corrected chi connectivity index (χ1v) is 11.5. The number of halogens is 2. The van der Waals surface area contributed by atoms with Crippen LogP contribution in [0.4, 0.5) is 0 Å². The highest BCUT2D eigenvalue weighted by molar-refractivity contribution is 6.37. The van der Waals surface area contributed by atoms with Gasteiger partial charge >= 0.3 is 11.7 Å². The zero-order valence-corrected chi connectivity index (χ0v) is 20.4. The Morgan fingerprint density at radius 1 is 1.03 bits per heavy atom. The molecule has 0 aliphatic carbocycles. The number of nitrogens with zero attached hydrogens (tertiary/aromatic N) is 3. The summed E-state index contributed by atoms with van der Waals surface area (Å²) >= 11 is 12.8. The first-order valence-electron chi connectivity index (χ1n) is 10.7. The van der Waals surface area contributed by atoms with Crippen molar-refractivity contribution in [3.8, 4) is 17.2 Å². The van der Waals surface area contributed by atoms with E-state index in [9.17, 15) is 19.2 Å². The van der Waals surface area contributed by atoms with Crippen LogP contribution in [0, 0.1) is 0 Å². The summed E-state index contributed by atoms with van der Waals surface area (Å²) in [5.74, 6) is -0.816. The summed E-state index contributed by atoms with van der Waals surface area (Å²) in [5, 5.41) is 12.5. The molecule has 190 valence electrons. The van der Waals surface area contributed by atoms with Crippen LogP contribution in [-0.2, 0) is 11.3 Å². The Balaban J connectivity index is 1.65. The van der Waals surface area contributed by atoms with Gasteiger partial charge in [0.25, 0.3) is 11.1 Å². The van der Waals surface area contributed by atoms with Crippen LogP contribution >= 0.6 is 23.2 Å². The lowest BCUT2D eigenvalue weighted by Crippen LogP contribution is -2.36. The number of aliphatic hydroxyl groups is 1. The predicted molar refractivity (Wildman–Crippen MR) is 134 cm³/mol. The van der Waals surface area contributed by atoms with Gasteiger partial charge in [-0.2, -0.15) is 9.78 Å². The number of aromatic amines is 1. The van der Waals surface area contributed by atoms with Crippen LogP contribution in [-0.4, -0.2) is 43.6 Å². The monoisotopic (exact) mass is 544 g/mol. The second-order valence-corrected chi connectivity index (χ2v) is 8.35. The molecule has 0 saturated heterocycles. The Morgan fingerprint density at radius 2 is 1.73 bits per heavy atom. The molecule has 0 spiro atoms. The van der Waals surface area contributed by atoms with E-state index in [0.717, 1.165) is 5.56 Å². The van der Waals surface area contributed by atoms with Gasteiger partial charge in [0.05, 0.1) is 35.1 Å². The van der Waals surface area contributed by atoms with Crippen molar-refractivity contribution >= 4 is 29.2 Å². The first-order chi connectivity index (χ1) is 17.8. The van der Waals surface area contributed by atoms with Gasteiger partial charge in [-0.1, -0.05) is 53.5 Å². The number of rotatable bonds is 8. The van der Waals surface area contributed by atoms with Crippen LogP contribution in [0.2, 0.25) is 10.0 Å². The van der Waals surface area contributed by atoms with E-state index in [-0.39, 0.29) is 39.4 Å². The van der Waals surface area contributed by atoms with Crippen LogP contribution in [0.5, 0.6) is 11.5 Å². The fraction of sp³-hybridized carbons (Fsp3) is 0.125. The molecule has 0 unspecified atom stereocenters. The van der Waals surface area contributed by atoms with Gasteiger partial charge in [0, 0.05) is 6.07 Å². The van der Waals surface area contributed by atoms with Gasteiger partial charge in [-0.25, -0.2) is 9.59 Å². The summed E-state index contributed by atoms with van der Waals surface area (Å²) in [6.45, 7) is -0.498. The number of carbonyl (C=O) groups is 1. The molecule has 37 heavy (non-hydrogen) atoms. The normalized spacial score (nSPS) is 10.8. The Bertz CT molecular complexity index is 1610. The average Bonchev–Trinajstić information content (AvgIpc) is 2.87. The lowest BCUT2D eigenvalue weighted by Gasteiger charge is -2.14. The van der Waals surface area contributed by atoms with Crippen molar-refractivity contribution in [2.75, 3.05) is 13.2 Å².